The van der Waals surface area contributed by atoms with E-state index in [4.69, 9.17) is 11.6 Å². The van der Waals surface area contributed by atoms with Crippen molar-refractivity contribution in [3.63, 3.8) is 0 Å². The zero-order chi connectivity index (χ0) is 23.6. The van der Waals surface area contributed by atoms with Gasteiger partial charge in [0.25, 0.3) is 0 Å². The summed E-state index contributed by atoms with van der Waals surface area (Å²) in [5, 5.41) is 15.9. The minimum atomic E-state index is 0.583. The van der Waals surface area contributed by atoms with Gasteiger partial charge in [-0.2, -0.15) is 0 Å². The highest BCUT2D eigenvalue weighted by Gasteiger charge is 2.12. The molecule has 0 saturated carbocycles. The van der Waals surface area contributed by atoms with Crippen LogP contribution in [0.4, 0.5) is 11.5 Å². The van der Waals surface area contributed by atoms with Crippen LogP contribution in [-0.2, 0) is 0 Å². The summed E-state index contributed by atoms with van der Waals surface area (Å²) < 4.78 is 0. The summed E-state index contributed by atoms with van der Waals surface area (Å²) in [6, 6.07) is 23.8. The average Bonchev–Trinajstić information content (AvgIpc) is 2.91. The summed E-state index contributed by atoms with van der Waals surface area (Å²) in [5.74, 6) is 0.685. The van der Waals surface area contributed by atoms with E-state index in [1.165, 1.54) is 0 Å². The van der Waals surface area contributed by atoms with Gasteiger partial charge in [0.05, 0.1) is 16.2 Å². The molecule has 6 aromatic rings. The van der Waals surface area contributed by atoms with E-state index in [0.717, 1.165) is 42.8 Å². The quantitative estimate of drug-likeness (QED) is 0.273. The molecule has 1 N–H and O–H groups in total. The number of nitrogens with one attached hydrogen (secondary N) is 1. The molecule has 0 aliphatic carbocycles. The summed E-state index contributed by atoms with van der Waals surface area (Å²) >= 11 is 7.68. The first-order valence-corrected chi connectivity index (χ1v) is 12.0. The van der Waals surface area contributed by atoms with Crippen molar-refractivity contribution >= 4 is 56.5 Å². The number of rotatable bonds is 5. The first kappa shape index (κ1) is 21.5. The molecule has 168 valence electrons. The number of nitrogens with zero attached hydrogens (tertiary/aromatic N) is 5. The molecule has 0 spiro atoms. The monoisotopic (exact) mass is 492 g/mol. The van der Waals surface area contributed by atoms with Gasteiger partial charge in [-0.3, -0.25) is 15.0 Å². The molecule has 0 radical (unpaired) electrons. The van der Waals surface area contributed by atoms with Gasteiger partial charge in [-0.1, -0.05) is 47.6 Å². The van der Waals surface area contributed by atoms with Gasteiger partial charge in [-0.15, -0.1) is 10.2 Å². The lowest BCUT2D eigenvalue weighted by Crippen LogP contribution is -1.99. The van der Waals surface area contributed by atoms with Crippen molar-refractivity contribution in [1.82, 2.24) is 25.1 Å². The van der Waals surface area contributed by atoms with Gasteiger partial charge < -0.3 is 5.32 Å². The average molecular weight is 493 g/mol. The van der Waals surface area contributed by atoms with Crippen molar-refractivity contribution in [3.8, 4) is 11.4 Å². The second-order valence-corrected chi connectivity index (χ2v) is 9.31. The highest BCUT2D eigenvalue weighted by molar-refractivity contribution is 7.99. The predicted octanol–water partition coefficient (Wildman–Crippen LogP) is 7.18. The second kappa shape index (κ2) is 9.29. The Morgan fingerprint density at radius 2 is 1.57 bits per heavy atom. The Labute approximate surface area is 210 Å². The molecule has 0 bridgehead atoms. The van der Waals surface area contributed by atoms with Crippen LogP contribution in [0.2, 0.25) is 5.02 Å². The normalized spacial score (nSPS) is 11.1. The van der Waals surface area contributed by atoms with Gasteiger partial charge in [-0.25, -0.2) is 0 Å². The standard InChI is InChI=1S/C27H17ClN6S/c28-17-5-10-24(31-15-17)26-20-3-1-2-4-21(20)27(34-33-26)32-18-6-8-19(9-7-18)35-25-12-14-30-23-11-13-29-16-22(23)25/h1-16H,(H,32,34). The van der Waals surface area contributed by atoms with Gasteiger partial charge in [0.2, 0.25) is 0 Å². The molecule has 0 aliphatic heterocycles. The number of pyridine rings is 3. The number of benzene rings is 2. The van der Waals surface area contributed by atoms with Crippen molar-refractivity contribution in [2.24, 2.45) is 0 Å². The Hall–Kier alpha value is -4.07. The summed E-state index contributed by atoms with van der Waals surface area (Å²) in [5.41, 5.74) is 3.30. The largest absolute Gasteiger partial charge is 0.338 e. The Bertz CT molecular complexity index is 1650. The van der Waals surface area contributed by atoms with E-state index >= 15 is 0 Å². The maximum absolute atomic E-state index is 6.00. The summed E-state index contributed by atoms with van der Waals surface area (Å²) in [7, 11) is 0. The fraction of sp³-hybridized carbons (Fsp3) is 0. The van der Waals surface area contributed by atoms with Gasteiger partial charge in [0.15, 0.2) is 5.82 Å². The zero-order valence-corrected chi connectivity index (χ0v) is 19.8. The number of aromatic nitrogens is 5. The molecule has 4 aromatic heterocycles. The fourth-order valence-electron chi connectivity index (χ4n) is 3.82. The smallest absolute Gasteiger partial charge is 0.161 e. The van der Waals surface area contributed by atoms with Gasteiger partial charge in [-0.05, 0) is 48.5 Å². The van der Waals surface area contributed by atoms with Crippen LogP contribution in [0, 0.1) is 0 Å². The molecule has 0 atom stereocenters. The SMILES string of the molecule is Clc1ccc(-c2nnc(Nc3ccc(Sc4ccnc5ccncc45)cc3)c3ccccc23)nc1. The van der Waals surface area contributed by atoms with E-state index in [2.05, 4.69) is 42.6 Å². The minimum absolute atomic E-state index is 0.583. The van der Waals surface area contributed by atoms with Crippen LogP contribution in [0.1, 0.15) is 0 Å². The lowest BCUT2D eigenvalue weighted by Gasteiger charge is -2.11. The molecule has 0 fully saturated rings. The third-order valence-electron chi connectivity index (χ3n) is 5.51. The van der Waals surface area contributed by atoms with Crippen LogP contribution >= 0.6 is 23.4 Å². The lowest BCUT2D eigenvalue weighted by atomic mass is 10.1. The molecule has 6 rings (SSSR count). The number of fused-ring (bicyclic) bond motifs is 2. The molecule has 0 amide bonds. The number of hydrogen-bond donors (Lipinski definition) is 1. The van der Waals surface area contributed by atoms with E-state index in [0.29, 0.717) is 16.5 Å². The second-order valence-electron chi connectivity index (χ2n) is 7.76. The molecule has 4 heterocycles. The third-order valence-corrected chi connectivity index (χ3v) is 6.81. The number of hydrogen-bond acceptors (Lipinski definition) is 7. The van der Waals surface area contributed by atoms with Crippen molar-refractivity contribution in [3.05, 3.63) is 103 Å². The molecule has 6 nitrogen and oxygen atoms in total. The Morgan fingerprint density at radius 1 is 0.714 bits per heavy atom. The van der Waals surface area contributed by atoms with Crippen LogP contribution in [0.3, 0.4) is 0 Å². The molecule has 0 aliphatic rings. The van der Waals surface area contributed by atoms with E-state index in [-0.39, 0.29) is 0 Å². The van der Waals surface area contributed by atoms with Gasteiger partial charge >= 0.3 is 0 Å². The molecule has 0 saturated heterocycles. The van der Waals surface area contributed by atoms with Crippen molar-refractivity contribution in [2.75, 3.05) is 5.32 Å². The summed E-state index contributed by atoms with van der Waals surface area (Å²) in [4.78, 5) is 15.3. The molecular weight excluding hydrogens is 476 g/mol. The van der Waals surface area contributed by atoms with E-state index in [1.807, 2.05) is 67.0 Å². The Morgan fingerprint density at radius 3 is 2.40 bits per heavy atom. The summed E-state index contributed by atoms with van der Waals surface area (Å²) in [6.45, 7) is 0. The van der Waals surface area contributed by atoms with Crippen molar-refractivity contribution in [2.45, 2.75) is 9.79 Å². The maximum Gasteiger partial charge on any atom is 0.161 e. The minimum Gasteiger partial charge on any atom is -0.338 e. The van der Waals surface area contributed by atoms with Crippen molar-refractivity contribution < 1.29 is 0 Å². The first-order valence-electron chi connectivity index (χ1n) is 10.9. The molecule has 2 aromatic carbocycles. The number of anilines is 2. The first-order chi connectivity index (χ1) is 17.2. The van der Waals surface area contributed by atoms with Crippen LogP contribution in [-0.4, -0.2) is 25.1 Å². The molecule has 35 heavy (non-hydrogen) atoms. The van der Waals surface area contributed by atoms with Crippen molar-refractivity contribution in [1.29, 1.82) is 0 Å². The van der Waals surface area contributed by atoms with E-state index < -0.39 is 0 Å². The molecule has 8 heteroatoms. The maximum atomic E-state index is 6.00. The van der Waals surface area contributed by atoms with Crippen LogP contribution < -0.4 is 5.32 Å². The molecular formula is C27H17ClN6S. The van der Waals surface area contributed by atoms with Crippen LogP contribution in [0.25, 0.3) is 33.1 Å². The predicted molar refractivity (Wildman–Crippen MR) is 141 cm³/mol. The topological polar surface area (TPSA) is 76.5 Å². The van der Waals surface area contributed by atoms with E-state index in [9.17, 15) is 0 Å². The lowest BCUT2D eigenvalue weighted by molar-refractivity contribution is 1.05. The fourth-order valence-corrected chi connectivity index (χ4v) is 4.86. The van der Waals surface area contributed by atoms with E-state index in [1.54, 1.807) is 30.2 Å². The zero-order valence-electron chi connectivity index (χ0n) is 18.3. The van der Waals surface area contributed by atoms with Crippen LogP contribution in [0.5, 0.6) is 0 Å². The molecule has 0 unspecified atom stereocenters. The number of halogens is 1. The van der Waals surface area contributed by atoms with Gasteiger partial charge in [0, 0.05) is 56.4 Å². The third kappa shape index (κ3) is 4.39. The highest BCUT2D eigenvalue weighted by atomic mass is 35.5. The Kier molecular flexibility index (Phi) is 5.70. The highest BCUT2D eigenvalue weighted by Crippen LogP contribution is 2.34. The Balaban J connectivity index is 1.28. The summed E-state index contributed by atoms with van der Waals surface area (Å²) in [6.07, 6.45) is 7.06. The van der Waals surface area contributed by atoms with Crippen LogP contribution in [0.15, 0.2) is 107 Å². The van der Waals surface area contributed by atoms with Gasteiger partial charge in [0.1, 0.15) is 5.69 Å².